The maximum absolute atomic E-state index is 5.74. The van der Waals surface area contributed by atoms with Gasteiger partial charge >= 0.3 is 0 Å². The number of nitrogens with one attached hydrogen (secondary N) is 1. The Morgan fingerprint density at radius 3 is 2.62 bits per heavy atom. The lowest BCUT2D eigenvalue weighted by molar-refractivity contribution is 0.320. The zero-order valence-corrected chi connectivity index (χ0v) is 13.2. The molecule has 24 heavy (non-hydrogen) atoms. The molecule has 0 bridgehead atoms. The second-order valence-corrected chi connectivity index (χ2v) is 5.80. The van der Waals surface area contributed by atoms with Gasteiger partial charge in [0.2, 0.25) is 11.7 Å². The maximum atomic E-state index is 5.74. The minimum atomic E-state index is 0.362. The van der Waals surface area contributed by atoms with E-state index in [1.165, 1.54) is 0 Å². The first-order valence-electron chi connectivity index (χ1n) is 8.11. The highest BCUT2D eigenvalue weighted by Gasteiger charge is 2.21. The van der Waals surface area contributed by atoms with Crippen LogP contribution in [0.3, 0.4) is 0 Å². The molecule has 0 unspecified atom stereocenters. The van der Waals surface area contributed by atoms with E-state index in [1.54, 1.807) is 12.4 Å². The first kappa shape index (κ1) is 14.8. The molecule has 4 rings (SSSR count). The van der Waals surface area contributed by atoms with E-state index in [1.807, 2.05) is 36.4 Å². The predicted molar refractivity (Wildman–Crippen MR) is 88.9 cm³/mol. The van der Waals surface area contributed by atoms with Crippen LogP contribution in [0.2, 0.25) is 0 Å². The zero-order valence-electron chi connectivity index (χ0n) is 13.2. The minimum Gasteiger partial charge on any atom is -0.456 e. The van der Waals surface area contributed by atoms with Gasteiger partial charge in [0.15, 0.2) is 0 Å². The van der Waals surface area contributed by atoms with Crippen LogP contribution in [-0.4, -0.2) is 28.2 Å². The molecule has 3 aromatic rings. The third kappa shape index (κ3) is 3.28. The van der Waals surface area contributed by atoms with E-state index in [2.05, 4.69) is 20.4 Å². The van der Waals surface area contributed by atoms with Crippen molar-refractivity contribution in [3.8, 4) is 22.9 Å². The topological polar surface area (TPSA) is 73.1 Å². The molecule has 3 heterocycles. The zero-order chi connectivity index (χ0) is 16.2. The van der Waals surface area contributed by atoms with Crippen LogP contribution in [0.15, 0.2) is 53.3 Å². The molecule has 6 heteroatoms. The first-order chi connectivity index (χ1) is 11.9. The van der Waals surface area contributed by atoms with Gasteiger partial charge in [-0.15, -0.1) is 0 Å². The fourth-order valence-corrected chi connectivity index (χ4v) is 2.80. The molecule has 1 saturated heterocycles. The number of ether oxygens (including phenoxy) is 1. The van der Waals surface area contributed by atoms with Gasteiger partial charge < -0.3 is 14.6 Å². The number of nitrogens with zero attached hydrogens (tertiary/aromatic N) is 3. The average molecular weight is 322 g/mol. The fourth-order valence-electron chi connectivity index (χ4n) is 2.80. The summed E-state index contributed by atoms with van der Waals surface area (Å²) in [5.74, 6) is 3.17. The number of aromatic nitrogens is 3. The van der Waals surface area contributed by atoms with Crippen molar-refractivity contribution < 1.29 is 9.26 Å². The van der Waals surface area contributed by atoms with E-state index in [-0.39, 0.29) is 0 Å². The quantitative estimate of drug-likeness (QED) is 0.794. The molecular formula is C18H18N4O2. The fraction of sp³-hybridized carbons (Fsp3) is 0.278. The standard InChI is InChI=1S/C18H18N4O2/c1-2-16(12-20-9-1)23-15-5-3-13(4-6-15)17-21-18(24-22-17)14-7-10-19-11-8-14/h1-6,9,12,14,19H,7-8,10-11H2. The van der Waals surface area contributed by atoms with Crippen molar-refractivity contribution >= 4 is 0 Å². The maximum Gasteiger partial charge on any atom is 0.230 e. The number of benzene rings is 1. The Morgan fingerprint density at radius 2 is 1.88 bits per heavy atom. The van der Waals surface area contributed by atoms with E-state index in [4.69, 9.17) is 9.26 Å². The Bertz CT molecular complexity index is 780. The molecule has 0 saturated carbocycles. The SMILES string of the molecule is c1cncc(Oc2ccc(-c3noc(C4CCNCC4)n3)cc2)c1. The lowest BCUT2D eigenvalue weighted by atomic mass is 9.98. The molecule has 1 aliphatic heterocycles. The Labute approximate surface area is 139 Å². The summed E-state index contributed by atoms with van der Waals surface area (Å²) in [6.07, 6.45) is 5.48. The number of piperidine rings is 1. The summed E-state index contributed by atoms with van der Waals surface area (Å²) in [4.78, 5) is 8.59. The van der Waals surface area contributed by atoms with Gasteiger partial charge in [0, 0.05) is 17.7 Å². The van der Waals surface area contributed by atoms with Crippen molar-refractivity contribution in [2.45, 2.75) is 18.8 Å². The molecule has 1 fully saturated rings. The largest absolute Gasteiger partial charge is 0.456 e. The van der Waals surface area contributed by atoms with E-state index in [0.29, 0.717) is 17.5 Å². The van der Waals surface area contributed by atoms with Crippen molar-refractivity contribution in [1.29, 1.82) is 0 Å². The molecule has 1 aliphatic rings. The smallest absolute Gasteiger partial charge is 0.230 e. The van der Waals surface area contributed by atoms with Crippen LogP contribution in [0, 0.1) is 0 Å². The molecule has 122 valence electrons. The van der Waals surface area contributed by atoms with Gasteiger partial charge in [-0.3, -0.25) is 4.98 Å². The van der Waals surface area contributed by atoms with Crippen LogP contribution < -0.4 is 10.1 Å². The lowest BCUT2D eigenvalue weighted by Gasteiger charge is -2.18. The van der Waals surface area contributed by atoms with Gasteiger partial charge in [0.05, 0.1) is 6.20 Å². The van der Waals surface area contributed by atoms with Gasteiger partial charge in [-0.05, 0) is 62.3 Å². The number of pyridine rings is 1. The van der Waals surface area contributed by atoms with E-state index in [0.717, 1.165) is 43.1 Å². The van der Waals surface area contributed by atoms with Gasteiger partial charge in [-0.2, -0.15) is 4.98 Å². The van der Waals surface area contributed by atoms with Crippen LogP contribution in [-0.2, 0) is 0 Å². The summed E-state index contributed by atoms with van der Waals surface area (Å²) in [7, 11) is 0. The van der Waals surface area contributed by atoms with Gasteiger partial charge in [0.1, 0.15) is 11.5 Å². The summed E-state index contributed by atoms with van der Waals surface area (Å²) in [5.41, 5.74) is 0.914. The minimum absolute atomic E-state index is 0.362. The molecule has 6 nitrogen and oxygen atoms in total. The van der Waals surface area contributed by atoms with E-state index in [9.17, 15) is 0 Å². The first-order valence-corrected chi connectivity index (χ1v) is 8.11. The van der Waals surface area contributed by atoms with E-state index < -0.39 is 0 Å². The molecule has 0 spiro atoms. The predicted octanol–water partition coefficient (Wildman–Crippen LogP) is 3.39. The number of hydrogen-bond acceptors (Lipinski definition) is 6. The van der Waals surface area contributed by atoms with Crippen molar-refractivity contribution in [1.82, 2.24) is 20.4 Å². The molecule has 0 amide bonds. The Kier molecular flexibility index (Phi) is 4.20. The summed E-state index contributed by atoms with van der Waals surface area (Å²) in [5, 5.41) is 7.46. The van der Waals surface area contributed by atoms with Gasteiger partial charge in [-0.25, -0.2) is 0 Å². The molecule has 2 aromatic heterocycles. The summed E-state index contributed by atoms with van der Waals surface area (Å²) in [6, 6.07) is 11.4. The average Bonchev–Trinajstić information content (AvgIpc) is 3.14. The Hall–Kier alpha value is -2.73. The summed E-state index contributed by atoms with van der Waals surface area (Å²) >= 11 is 0. The molecule has 1 aromatic carbocycles. The molecule has 0 atom stereocenters. The van der Waals surface area contributed by atoms with Crippen LogP contribution in [0.25, 0.3) is 11.4 Å². The van der Waals surface area contributed by atoms with Crippen molar-refractivity contribution in [2.24, 2.45) is 0 Å². The van der Waals surface area contributed by atoms with Gasteiger partial charge in [-0.1, -0.05) is 5.16 Å². The number of hydrogen-bond donors (Lipinski definition) is 1. The summed E-state index contributed by atoms with van der Waals surface area (Å²) in [6.45, 7) is 2.01. The molecular weight excluding hydrogens is 304 g/mol. The third-order valence-corrected chi connectivity index (χ3v) is 4.11. The molecule has 0 aliphatic carbocycles. The van der Waals surface area contributed by atoms with Gasteiger partial charge in [0.25, 0.3) is 0 Å². The monoisotopic (exact) mass is 322 g/mol. The van der Waals surface area contributed by atoms with Crippen LogP contribution in [0.1, 0.15) is 24.7 Å². The highest BCUT2D eigenvalue weighted by molar-refractivity contribution is 5.55. The second-order valence-electron chi connectivity index (χ2n) is 5.80. The highest BCUT2D eigenvalue weighted by atomic mass is 16.5. The van der Waals surface area contributed by atoms with Crippen LogP contribution >= 0.6 is 0 Å². The van der Waals surface area contributed by atoms with Crippen molar-refractivity contribution in [3.05, 3.63) is 54.7 Å². The summed E-state index contributed by atoms with van der Waals surface area (Å²) < 4.78 is 11.2. The van der Waals surface area contributed by atoms with E-state index >= 15 is 0 Å². The normalized spacial score (nSPS) is 15.3. The van der Waals surface area contributed by atoms with Crippen LogP contribution in [0.5, 0.6) is 11.5 Å². The Morgan fingerprint density at radius 1 is 1.04 bits per heavy atom. The second kappa shape index (κ2) is 6.80. The van der Waals surface area contributed by atoms with Crippen LogP contribution in [0.4, 0.5) is 0 Å². The highest BCUT2D eigenvalue weighted by Crippen LogP contribution is 2.27. The third-order valence-electron chi connectivity index (χ3n) is 4.11. The number of rotatable bonds is 4. The Balaban J connectivity index is 1.47. The van der Waals surface area contributed by atoms with Crippen molar-refractivity contribution in [3.63, 3.8) is 0 Å². The molecule has 0 radical (unpaired) electrons. The van der Waals surface area contributed by atoms with Crippen molar-refractivity contribution in [2.75, 3.05) is 13.1 Å². The molecule has 1 N–H and O–H groups in total. The lowest BCUT2D eigenvalue weighted by Crippen LogP contribution is -2.26.